The van der Waals surface area contributed by atoms with E-state index < -0.39 is 0 Å². The summed E-state index contributed by atoms with van der Waals surface area (Å²) in [6.45, 7) is 9.43. The maximum absolute atomic E-state index is 5.86. The van der Waals surface area contributed by atoms with Crippen LogP contribution in [0.4, 0.5) is 5.69 Å². The van der Waals surface area contributed by atoms with Crippen LogP contribution >= 0.6 is 0 Å². The highest BCUT2D eigenvalue weighted by Crippen LogP contribution is 2.26. The Morgan fingerprint density at radius 1 is 1.15 bits per heavy atom. The lowest BCUT2D eigenvalue weighted by molar-refractivity contribution is 0.183. The van der Waals surface area contributed by atoms with E-state index in [0.29, 0.717) is 0 Å². The van der Waals surface area contributed by atoms with Crippen molar-refractivity contribution in [3.63, 3.8) is 0 Å². The van der Waals surface area contributed by atoms with Crippen LogP contribution in [-0.2, 0) is 6.42 Å². The number of likely N-dealkylation sites (tertiary alicyclic amines) is 1. The first-order chi connectivity index (χ1) is 9.92. The van der Waals surface area contributed by atoms with Gasteiger partial charge in [0.1, 0.15) is 12.4 Å². The van der Waals surface area contributed by atoms with Gasteiger partial charge in [-0.05, 0) is 56.1 Å². The first kappa shape index (κ1) is 15.2. The molecule has 0 amide bonds. The highest BCUT2D eigenvalue weighted by atomic mass is 16.5. The molecule has 0 atom stereocenters. The van der Waals surface area contributed by atoms with Gasteiger partial charge in [0.2, 0.25) is 0 Å². The summed E-state index contributed by atoms with van der Waals surface area (Å²) >= 11 is 0. The van der Waals surface area contributed by atoms with Gasteiger partial charge < -0.3 is 10.1 Å². The van der Waals surface area contributed by atoms with Crippen molar-refractivity contribution in [3.8, 4) is 5.75 Å². The van der Waals surface area contributed by atoms with Gasteiger partial charge in [-0.3, -0.25) is 4.90 Å². The molecule has 1 aromatic rings. The smallest absolute Gasteiger partial charge is 0.119 e. The van der Waals surface area contributed by atoms with Crippen LogP contribution in [0.1, 0.15) is 38.7 Å². The van der Waals surface area contributed by atoms with Crippen LogP contribution in [0, 0.1) is 0 Å². The molecule has 112 valence electrons. The second-order valence-corrected chi connectivity index (χ2v) is 5.25. The Bertz CT molecular complexity index is 400. The Balaban J connectivity index is 0.000000704. The Labute approximate surface area is 123 Å². The minimum atomic E-state index is 0.812. The maximum Gasteiger partial charge on any atom is 0.119 e. The zero-order chi connectivity index (χ0) is 14.2. The Morgan fingerprint density at radius 3 is 2.75 bits per heavy atom. The van der Waals surface area contributed by atoms with Crippen molar-refractivity contribution >= 4 is 5.69 Å². The van der Waals surface area contributed by atoms with Gasteiger partial charge >= 0.3 is 0 Å². The molecule has 1 aromatic carbocycles. The molecule has 3 rings (SSSR count). The highest BCUT2D eigenvalue weighted by molar-refractivity contribution is 5.57. The van der Waals surface area contributed by atoms with Crippen LogP contribution in [0.15, 0.2) is 18.2 Å². The molecule has 0 aliphatic carbocycles. The van der Waals surface area contributed by atoms with Crippen molar-refractivity contribution in [2.24, 2.45) is 0 Å². The van der Waals surface area contributed by atoms with Gasteiger partial charge in [-0.2, -0.15) is 0 Å². The first-order valence-corrected chi connectivity index (χ1v) is 8.14. The summed E-state index contributed by atoms with van der Waals surface area (Å²) in [6, 6.07) is 6.40. The molecule has 0 aromatic heterocycles. The SMILES string of the molecule is CC.c1cc2c(cc1OCCN1CCCCC1)CCN2. The second-order valence-electron chi connectivity index (χ2n) is 5.25. The summed E-state index contributed by atoms with van der Waals surface area (Å²) in [5.74, 6) is 1.02. The number of anilines is 1. The lowest BCUT2D eigenvalue weighted by Gasteiger charge is -2.26. The number of nitrogens with one attached hydrogen (secondary N) is 1. The van der Waals surface area contributed by atoms with E-state index in [4.69, 9.17) is 4.74 Å². The third-order valence-corrected chi connectivity index (χ3v) is 3.91. The van der Waals surface area contributed by atoms with Crippen LogP contribution in [0.25, 0.3) is 0 Å². The van der Waals surface area contributed by atoms with Gasteiger partial charge in [0.05, 0.1) is 0 Å². The minimum absolute atomic E-state index is 0.812. The number of nitrogens with zero attached hydrogens (tertiary/aromatic N) is 1. The van der Waals surface area contributed by atoms with Crippen LogP contribution in [0.5, 0.6) is 5.75 Å². The molecular weight excluding hydrogens is 248 g/mol. The van der Waals surface area contributed by atoms with Gasteiger partial charge in [-0.15, -0.1) is 0 Å². The largest absolute Gasteiger partial charge is 0.492 e. The molecule has 3 nitrogen and oxygen atoms in total. The predicted octanol–water partition coefficient (Wildman–Crippen LogP) is 3.55. The van der Waals surface area contributed by atoms with Crippen molar-refractivity contribution in [3.05, 3.63) is 23.8 Å². The van der Waals surface area contributed by atoms with Crippen molar-refractivity contribution < 1.29 is 4.74 Å². The number of benzene rings is 1. The number of piperidine rings is 1. The fourth-order valence-corrected chi connectivity index (χ4v) is 2.85. The minimum Gasteiger partial charge on any atom is -0.492 e. The van der Waals surface area contributed by atoms with Crippen LogP contribution < -0.4 is 10.1 Å². The lowest BCUT2D eigenvalue weighted by atomic mass is 10.1. The van der Waals surface area contributed by atoms with E-state index in [1.54, 1.807) is 0 Å². The van der Waals surface area contributed by atoms with Gasteiger partial charge in [-0.1, -0.05) is 20.3 Å². The zero-order valence-electron chi connectivity index (χ0n) is 13.0. The Hall–Kier alpha value is -1.22. The molecule has 3 heteroatoms. The first-order valence-electron chi connectivity index (χ1n) is 8.14. The van der Waals surface area contributed by atoms with Crippen molar-refractivity contribution in [1.29, 1.82) is 0 Å². The molecular formula is C17H28N2O. The van der Waals surface area contributed by atoms with E-state index in [-0.39, 0.29) is 0 Å². The standard InChI is InChI=1S/C15H22N2O.C2H6/c1-2-8-17(9-3-1)10-11-18-14-4-5-15-13(12-14)6-7-16-15;1-2/h4-5,12,16H,1-3,6-11H2;1-2H3. The Morgan fingerprint density at radius 2 is 1.95 bits per heavy atom. The van der Waals surface area contributed by atoms with E-state index in [1.807, 2.05) is 13.8 Å². The molecule has 0 radical (unpaired) electrons. The van der Waals surface area contributed by atoms with Crippen molar-refractivity contribution in [2.75, 3.05) is 38.1 Å². The van der Waals surface area contributed by atoms with Gasteiger partial charge in [0.15, 0.2) is 0 Å². The highest BCUT2D eigenvalue weighted by Gasteiger charge is 2.11. The molecule has 1 fully saturated rings. The second kappa shape index (κ2) is 8.15. The van der Waals surface area contributed by atoms with E-state index in [1.165, 1.54) is 43.6 Å². The molecule has 0 saturated carbocycles. The van der Waals surface area contributed by atoms with Crippen molar-refractivity contribution in [1.82, 2.24) is 4.90 Å². The number of ether oxygens (including phenoxy) is 1. The van der Waals surface area contributed by atoms with Crippen molar-refractivity contribution in [2.45, 2.75) is 39.5 Å². The summed E-state index contributed by atoms with van der Waals surface area (Å²) in [7, 11) is 0. The third-order valence-electron chi connectivity index (χ3n) is 3.91. The quantitative estimate of drug-likeness (QED) is 0.910. The summed E-state index contributed by atoms with van der Waals surface area (Å²) in [4.78, 5) is 2.51. The molecule has 0 unspecified atom stereocenters. The van der Waals surface area contributed by atoms with E-state index >= 15 is 0 Å². The molecule has 0 bridgehead atoms. The van der Waals surface area contributed by atoms with Gasteiger partial charge in [0, 0.05) is 18.8 Å². The van der Waals surface area contributed by atoms with E-state index in [0.717, 1.165) is 31.9 Å². The Kier molecular flexibility index (Phi) is 6.19. The normalized spacial score (nSPS) is 17.7. The summed E-state index contributed by atoms with van der Waals surface area (Å²) in [6.07, 6.45) is 5.23. The molecule has 0 spiro atoms. The number of fused-ring (bicyclic) bond motifs is 1. The fourth-order valence-electron chi connectivity index (χ4n) is 2.85. The summed E-state index contributed by atoms with van der Waals surface area (Å²) in [5.41, 5.74) is 2.67. The lowest BCUT2D eigenvalue weighted by Crippen LogP contribution is -2.33. The zero-order valence-corrected chi connectivity index (χ0v) is 13.0. The maximum atomic E-state index is 5.86. The van der Waals surface area contributed by atoms with Crippen LogP contribution in [0.2, 0.25) is 0 Å². The van der Waals surface area contributed by atoms with Gasteiger partial charge in [-0.25, -0.2) is 0 Å². The van der Waals surface area contributed by atoms with E-state index in [2.05, 4.69) is 28.4 Å². The predicted molar refractivity (Wildman–Crippen MR) is 85.8 cm³/mol. The molecule has 2 aliphatic heterocycles. The van der Waals surface area contributed by atoms with Crippen LogP contribution in [-0.4, -0.2) is 37.7 Å². The fraction of sp³-hybridized carbons (Fsp3) is 0.647. The molecule has 1 N–H and O–H groups in total. The van der Waals surface area contributed by atoms with E-state index in [9.17, 15) is 0 Å². The van der Waals surface area contributed by atoms with Gasteiger partial charge in [0.25, 0.3) is 0 Å². The number of rotatable bonds is 4. The molecule has 2 aliphatic rings. The summed E-state index contributed by atoms with van der Waals surface area (Å²) < 4.78 is 5.86. The average molecular weight is 276 g/mol. The average Bonchev–Trinajstić information content (AvgIpc) is 2.98. The third kappa shape index (κ3) is 4.14. The molecule has 20 heavy (non-hydrogen) atoms. The van der Waals surface area contributed by atoms with Crippen LogP contribution in [0.3, 0.4) is 0 Å². The number of hydrogen-bond acceptors (Lipinski definition) is 3. The number of hydrogen-bond donors (Lipinski definition) is 1. The molecule has 2 heterocycles. The molecule has 1 saturated heterocycles. The topological polar surface area (TPSA) is 24.5 Å². The summed E-state index contributed by atoms with van der Waals surface area (Å²) in [5, 5.41) is 3.37. The monoisotopic (exact) mass is 276 g/mol.